The first-order valence-corrected chi connectivity index (χ1v) is 5.15. The van der Waals surface area contributed by atoms with E-state index in [0.29, 0.717) is 4.57 Å². The molecule has 0 aliphatic heterocycles. The van der Waals surface area contributed by atoms with Gasteiger partial charge in [0, 0.05) is 20.2 Å². The zero-order valence-electron chi connectivity index (χ0n) is 10.1. The minimum Gasteiger partial charge on any atom is -0.494 e. The molecule has 2 heterocycles. The standard InChI is InChI=1S/C10H10N4O5/c1-12-6(15)3-5(11-9(12)18)14-8(17)4-7(16)13(2)10(14)19/h3-4,16H,1-2H3,(H,11,18). The van der Waals surface area contributed by atoms with Gasteiger partial charge < -0.3 is 5.11 Å². The molecule has 9 heteroatoms. The number of nitrogens with one attached hydrogen (secondary N) is 1. The van der Waals surface area contributed by atoms with E-state index in [4.69, 9.17) is 0 Å². The number of aromatic nitrogens is 4. The van der Waals surface area contributed by atoms with Crippen molar-refractivity contribution in [1.82, 2.24) is 18.7 Å². The molecule has 0 saturated heterocycles. The fourth-order valence-corrected chi connectivity index (χ4v) is 1.50. The highest BCUT2D eigenvalue weighted by atomic mass is 16.3. The summed E-state index contributed by atoms with van der Waals surface area (Å²) >= 11 is 0. The molecular formula is C10H10N4O5. The van der Waals surface area contributed by atoms with Gasteiger partial charge in [0.15, 0.2) is 5.88 Å². The molecule has 0 atom stereocenters. The number of H-pyrrole nitrogens is 1. The van der Waals surface area contributed by atoms with E-state index in [1.807, 2.05) is 0 Å². The SMILES string of the molecule is Cn1c(O)cc(=O)n(-c2cc(=O)n(C)c(=O)[nH]2)c1=O. The minimum atomic E-state index is -0.881. The smallest absolute Gasteiger partial charge is 0.339 e. The molecule has 2 rings (SSSR count). The fraction of sp³-hybridized carbons (Fsp3) is 0.200. The van der Waals surface area contributed by atoms with Crippen LogP contribution in [-0.2, 0) is 14.1 Å². The minimum absolute atomic E-state index is 0.251. The van der Waals surface area contributed by atoms with Crippen LogP contribution in [0.25, 0.3) is 5.82 Å². The maximum atomic E-state index is 11.9. The first kappa shape index (κ1) is 12.6. The van der Waals surface area contributed by atoms with Gasteiger partial charge in [-0.3, -0.25) is 23.7 Å². The van der Waals surface area contributed by atoms with E-state index in [1.165, 1.54) is 14.1 Å². The number of rotatable bonds is 1. The summed E-state index contributed by atoms with van der Waals surface area (Å²) in [5.41, 5.74) is -3.16. The van der Waals surface area contributed by atoms with Gasteiger partial charge in [0.25, 0.3) is 11.1 Å². The molecule has 100 valence electrons. The van der Waals surface area contributed by atoms with E-state index in [9.17, 15) is 24.3 Å². The van der Waals surface area contributed by atoms with E-state index < -0.39 is 28.4 Å². The third-order valence-electron chi connectivity index (χ3n) is 2.67. The van der Waals surface area contributed by atoms with Crippen LogP contribution in [-0.4, -0.2) is 23.8 Å². The Morgan fingerprint density at radius 2 is 1.63 bits per heavy atom. The zero-order chi connectivity index (χ0) is 14.3. The molecule has 0 aliphatic rings. The highest BCUT2D eigenvalue weighted by Crippen LogP contribution is 1.99. The summed E-state index contributed by atoms with van der Waals surface area (Å²) in [6, 6.07) is 1.75. The van der Waals surface area contributed by atoms with Gasteiger partial charge in [-0.05, 0) is 0 Å². The summed E-state index contributed by atoms with van der Waals surface area (Å²) < 4.78 is 2.18. The molecule has 2 N–H and O–H groups in total. The van der Waals surface area contributed by atoms with Crippen molar-refractivity contribution in [2.24, 2.45) is 14.1 Å². The average Bonchev–Trinajstić information content (AvgIpc) is 2.33. The number of nitrogens with zero attached hydrogens (tertiary/aromatic N) is 3. The van der Waals surface area contributed by atoms with Crippen LogP contribution in [0.5, 0.6) is 5.88 Å². The number of hydrogen-bond acceptors (Lipinski definition) is 5. The quantitative estimate of drug-likeness (QED) is 0.598. The molecule has 0 amide bonds. The maximum absolute atomic E-state index is 11.9. The molecule has 0 bridgehead atoms. The third kappa shape index (κ3) is 1.90. The number of aromatic amines is 1. The number of aromatic hydroxyl groups is 1. The monoisotopic (exact) mass is 266 g/mol. The van der Waals surface area contributed by atoms with Crippen LogP contribution in [0.3, 0.4) is 0 Å². The molecule has 0 aromatic carbocycles. The molecule has 0 fully saturated rings. The van der Waals surface area contributed by atoms with Crippen LogP contribution in [0.15, 0.2) is 31.3 Å². The Morgan fingerprint density at radius 1 is 1.00 bits per heavy atom. The van der Waals surface area contributed by atoms with Crippen molar-refractivity contribution in [2.45, 2.75) is 0 Å². The summed E-state index contributed by atoms with van der Waals surface area (Å²) in [5.74, 6) is -0.767. The second-order valence-corrected chi connectivity index (χ2v) is 3.87. The Hall–Kier alpha value is -2.84. The van der Waals surface area contributed by atoms with Crippen molar-refractivity contribution in [3.05, 3.63) is 53.8 Å². The molecule has 0 unspecified atom stereocenters. The Balaban J connectivity index is 2.92. The predicted molar refractivity (Wildman–Crippen MR) is 64.8 cm³/mol. The van der Waals surface area contributed by atoms with E-state index >= 15 is 0 Å². The summed E-state index contributed by atoms with van der Waals surface area (Å²) in [6.45, 7) is 0. The largest absolute Gasteiger partial charge is 0.494 e. The van der Waals surface area contributed by atoms with E-state index in [1.54, 1.807) is 0 Å². The fourth-order valence-electron chi connectivity index (χ4n) is 1.50. The second kappa shape index (κ2) is 4.12. The molecule has 2 aromatic heterocycles. The van der Waals surface area contributed by atoms with Crippen LogP contribution in [0, 0.1) is 0 Å². The van der Waals surface area contributed by atoms with E-state index in [0.717, 1.165) is 21.3 Å². The van der Waals surface area contributed by atoms with Gasteiger partial charge >= 0.3 is 11.4 Å². The Labute approximate surface area is 104 Å². The van der Waals surface area contributed by atoms with Crippen molar-refractivity contribution < 1.29 is 5.11 Å². The van der Waals surface area contributed by atoms with Gasteiger partial charge in [0.1, 0.15) is 5.82 Å². The Morgan fingerprint density at radius 3 is 2.21 bits per heavy atom. The van der Waals surface area contributed by atoms with E-state index in [2.05, 4.69) is 4.98 Å². The highest BCUT2D eigenvalue weighted by Gasteiger charge is 2.11. The van der Waals surface area contributed by atoms with Crippen LogP contribution in [0.4, 0.5) is 0 Å². The van der Waals surface area contributed by atoms with Crippen molar-refractivity contribution in [3.63, 3.8) is 0 Å². The average molecular weight is 266 g/mol. The van der Waals surface area contributed by atoms with Gasteiger partial charge in [-0.2, -0.15) is 0 Å². The lowest BCUT2D eigenvalue weighted by Crippen LogP contribution is -2.41. The third-order valence-corrected chi connectivity index (χ3v) is 2.67. The van der Waals surface area contributed by atoms with Crippen LogP contribution < -0.4 is 22.5 Å². The Kier molecular flexibility index (Phi) is 2.74. The van der Waals surface area contributed by atoms with Gasteiger partial charge in [-0.1, -0.05) is 0 Å². The van der Waals surface area contributed by atoms with Crippen LogP contribution >= 0.6 is 0 Å². The zero-order valence-corrected chi connectivity index (χ0v) is 10.1. The van der Waals surface area contributed by atoms with Gasteiger partial charge in [-0.15, -0.1) is 0 Å². The summed E-state index contributed by atoms with van der Waals surface area (Å²) in [6.07, 6.45) is 0. The van der Waals surface area contributed by atoms with Crippen LogP contribution in [0.1, 0.15) is 0 Å². The topological polar surface area (TPSA) is 119 Å². The highest BCUT2D eigenvalue weighted by molar-refractivity contribution is 5.21. The summed E-state index contributed by atoms with van der Waals surface area (Å²) in [7, 11) is 2.50. The van der Waals surface area contributed by atoms with Crippen molar-refractivity contribution in [3.8, 4) is 11.7 Å². The first-order valence-electron chi connectivity index (χ1n) is 5.15. The summed E-state index contributed by atoms with van der Waals surface area (Å²) in [5, 5.41) is 9.32. The molecule has 0 saturated carbocycles. The summed E-state index contributed by atoms with van der Waals surface area (Å²) in [4.78, 5) is 48.7. The molecular weight excluding hydrogens is 256 g/mol. The van der Waals surface area contributed by atoms with Crippen molar-refractivity contribution in [2.75, 3.05) is 0 Å². The normalized spacial score (nSPS) is 10.6. The van der Waals surface area contributed by atoms with Crippen molar-refractivity contribution in [1.29, 1.82) is 0 Å². The lowest BCUT2D eigenvalue weighted by atomic mass is 10.5. The molecule has 2 aromatic rings. The molecule has 0 radical (unpaired) electrons. The first-order chi connectivity index (χ1) is 8.82. The molecule has 19 heavy (non-hydrogen) atoms. The van der Waals surface area contributed by atoms with Gasteiger partial charge in [-0.25, -0.2) is 14.2 Å². The van der Waals surface area contributed by atoms with Gasteiger partial charge in [0.05, 0.1) is 6.07 Å². The lowest BCUT2D eigenvalue weighted by molar-refractivity contribution is 0.414. The van der Waals surface area contributed by atoms with Gasteiger partial charge in [0.2, 0.25) is 0 Å². The van der Waals surface area contributed by atoms with Crippen LogP contribution in [0.2, 0.25) is 0 Å². The lowest BCUT2D eigenvalue weighted by Gasteiger charge is -2.08. The van der Waals surface area contributed by atoms with Crippen molar-refractivity contribution >= 4 is 0 Å². The molecule has 0 aliphatic carbocycles. The second-order valence-electron chi connectivity index (χ2n) is 3.87. The molecule has 9 nitrogen and oxygen atoms in total. The Bertz CT molecular complexity index is 851. The molecule has 0 spiro atoms. The predicted octanol–water partition coefficient (Wildman–Crippen LogP) is -2.37. The van der Waals surface area contributed by atoms with E-state index in [-0.39, 0.29) is 5.82 Å². The number of hydrogen-bond donors (Lipinski definition) is 2. The maximum Gasteiger partial charge on any atom is 0.339 e.